The Kier molecular flexibility index (Phi) is 4.50. The standard InChI is InChI=1S/C10H10ClN3O4/c11-5-1-2-6(9(16)17)7(3-5)14-10(18)13-4-8(12)15/h1-3H,4H2,(H2,12,15)(H,16,17)(H2,13,14,18). The third-order valence-electron chi connectivity index (χ3n) is 1.88. The molecule has 8 heteroatoms. The van der Waals surface area contributed by atoms with Gasteiger partial charge in [0.25, 0.3) is 0 Å². The molecule has 0 heterocycles. The summed E-state index contributed by atoms with van der Waals surface area (Å²) in [6.07, 6.45) is 0. The van der Waals surface area contributed by atoms with E-state index in [9.17, 15) is 14.4 Å². The molecule has 0 aliphatic heterocycles. The van der Waals surface area contributed by atoms with Crippen molar-refractivity contribution in [3.8, 4) is 0 Å². The van der Waals surface area contributed by atoms with Crippen LogP contribution in [0.5, 0.6) is 0 Å². The zero-order valence-corrected chi connectivity index (χ0v) is 9.82. The van der Waals surface area contributed by atoms with Crippen molar-refractivity contribution < 1.29 is 19.5 Å². The van der Waals surface area contributed by atoms with Crippen LogP contribution in [-0.4, -0.2) is 29.6 Å². The monoisotopic (exact) mass is 271 g/mol. The summed E-state index contributed by atoms with van der Waals surface area (Å²) in [6.45, 7) is -0.352. The maximum atomic E-state index is 11.3. The molecule has 0 aromatic heterocycles. The Balaban J connectivity index is 2.82. The van der Waals surface area contributed by atoms with Crippen LogP contribution in [-0.2, 0) is 4.79 Å². The Morgan fingerprint density at radius 3 is 2.56 bits per heavy atom. The van der Waals surface area contributed by atoms with Gasteiger partial charge in [-0.3, -0.25) is 4.79 Å². The third-order valence-corrected chi connectivity index (χ3v) is 2.12. The van der Waals surface area contributed by atoms with E-state index in [1.807, 2.05) is 0 Å². The molecule has 96 valence electrons. The molecule has 0 spiro atoms. The molecule has 0 fully saturated rings. The second kappa shape index (κ2) is 5.87. The zero-order valence-electron chi connectivity index (χ0n) is 9.07. The van der Waals surface area contributed by atoms with E-state index >= 15 is 0 Å². The fourth-order valence-electron chi connectivity index (χ4n) is 1.14. The first-order valence-electron chi connectivity index (χ1n) is 4.76. The minimum Gasteiger partial charge on any atom is -0.478 e. The summed E-state index contributed by atoms with van der Waals surface area (Å²) in [7, 11) is 0. The van der Waals surface area contributed by atoms with Crippen LogP contribution in [0.3, 0.4) is 0 Å². The molecular formula is C10H10ClN3O4. The molecule has 0 saturated carbocycles. The number of benzene rings is 1. The van der Waals surface area contributed by atoms with Crippen molar-refractivity contribution in [2.24, 2.45) is 5.73 Å². The van der Waals surface area contributed by atoms with E-state index in [-0.39, 0.29) is 22.8 Å². The average molecular weight is 272 g/mol. The van der Waals surface area contributed by atoms with Crippen molar-refractivity contribution in [2.75, 3.05) is 11.9 Å². The topological polar surface area (TPSA) is 122 Å². The number of carboxylic acids is 1. The van der Waals surface area contributed by atoms with Crippen molar-refractivity contribution in [2.45, 2.75) is 0 Å². The summed E-state index contributed by atoms with van der Waals surface area (Å²) >= 11 is 5.69. The molecule has 0 atom stereocenters. The highest BCUT2D eigenvalue weighted by atomic mass is 35.5. The van der Waals surface area contributed by atoms with Crippen molar-refractivity contribution >= 4 is 35.2 Å². The van der Waals surface area contributed by atoms with Crippen LogP contribution >= 0.6 is 11.6 Å². The predicted octanol–water partition coefficient (Wildman–Crippen LogP) is 0.645. The number of amides is 3. The largest absolute Gasteiger partial charge is 0.478 e. The van der Waals surface area contributed by atoms with Crippen molar-refractivity contribution in [3.05, 3.63) is 28.8 Å². The highest BCUT2D eigenvalue weighted by molar-refractivity contribution is 6.31. The molecule has 0 bridgehead atoms. The van der Waals surface area contributed by atoms with Crippen LogP contribution in [0.25, 0.3) is 0 Å². The van der Waals surface area contributed by atoms with Gasteiger partial charge in [0.1, 0.15) is 0 Å². The number of nitrogens with one attached hydrogen (secondary N) is 2. The SMILES string of the molecule is NC(=O)CNC(=O)Nc1cc(Cl)ccc1C(=O)O. The lowest BCUT2D eigenvalue weighted by Gasteiger charge is -2.09. The molecular weight excluding hydrogens is 262 g/mol. The Hall–Kier alpha value is -2.28. The molecule has 0 aliphatic rings. The highest BCUT2D eigenvalue weighted by Crippen LogP contribution is 2.20. The van der Waals surface area contributed by atoms with Gasteiger partial charge < -0.3 is 21.5 Å². The van der Waals surface area contributed by atoms with E-state index < -0.39 is 17.9 Å². The molecule has 3 amide bonds. The molecule has 1 aromatic rings. The smallest absolute Gasteiger partial charge is 0.337 e. The minimum atomic E-state index is -1.21. The Morgan fingerprint density at radius 1 is 1.33 bits per heavy atom. The van der Waals surface area contributed by atoms with Crippen LogP contribution in [0.1, 0.15) is 10.4 Å². The molecule has 18 heavy (non-hydrogen) atoms. The summed E-state index contributed by atoms with van der Waals surface area (Å²) in [6, 6.07) is 3.18. The Morgan fingerprint density at radius 2 is 2.00 bits per heavy atom. The lowest BCUT2D eigenvalue weighted by Crippen LogP contribution is -2.36. The minimum absolute atomic E-state index is 0.0250. The van der Waals surface area contributed by atoms with Crippen LogP contribution in [0.15, 0.2) is 18.2 Å². The zero-order chi connectivity index (χ0) is 13.7. The highest BCUT2D eigenvalue weighted by Gasteiger charge is 2.13. The lowest BCUT2D eigenvalue weighted by atomic mass is 10.2. The normalized spacial score (nSPS) is 9.61. The second-order valence-electron chi connectivity index (χ2n) is 3.27. The van der Waals surface area contributed by atoms with Crippen molar-refractivity contribution in [1.29, 1.82) is 0 Å². The predicted molar refractivity (Wildman–Crippen MR) is 64.6 cm³/mol. The molecule has 0 aliphatic carbocycles. The van der Waals surface area contributed by atoms with Gasteiger partial charge in [0.15, 0.2) is 0 Å². The summed E-state index contributed by atoms with van der Waals surface area (Å²) in [5, 5.41) is 13.6. The Labute approximate surface area is 107 Å². The van der Waals surface area contributed by atoms with Crippen LogP contribution in [0.2, 0.25) is 5.02 Å². The fraction of sp³-hybridized carbons (Fsp3) is 0.100. The number of carbonyl (C=O) groups excluding carboxylic acids is 2. The van der Waals surface area contributed by atoms with Gasteiger partial charge in [0.2, 0.25) is 5.91 Å². The second-order valence-corrected chi connectivity index (χ2v) is 3.71. The molecule has 0 unspecified atom stereocenters. The maximum Gasteiger partial charge on any atom is 0.337 e. The quantitative estimate of drug-likeness (QED) is 0.642. The van der Waals surface area contributed by atoms with Crippen LogP contribution < -0.4 is 16.4 Å². The van der Waals surface area contributed by atoms with E-state index in [1.165, 1.54) is 18.2 Å². The summed E-state index contributed by atoms with van der Waals surface area (Å²) < 4.78 is 0. The number of nitrogens with two attached hydrogens (primary N) is 1. The number of hydrogen-bond acceptors (Lipinski definition) is 3. The summed E-state index contributed by atoms with van der Waals surface area (Å²) in [5.41, 5.74) is 4.75. The number of primary amides is 1. The van der Waals surface area contributed by atoms with Gasteiger partial charge in [-0.1, -0.05) is 11.6 Å². The maximum absolute atomic E-state index is 11.3. The van der Waals surface area contributed by atoms with Gasteiger partial charge in [-0.05, 0) is 18.2 Å². The first-order valence-corrected chi connectivity index (χ1v) is 5.14. The molecule has 5 N–H and O–H groups in total. The van der Waals surface area contributed by atoms with Gasteiger partial charge in [-0.15, -0.1) is 0 Å². The molecule has 7 nitrogen and oxygen atoms in total. The van der Waals surface area contributed by atoms with E-state index in [4.69, 9.17) is 22.4 Å². The van der Waals surface area contributed by atoms with E-state index in [1.54, 1.807) is 0 Å². The van der Waals surface area contributed by atoms with Gasteiger partial charge in [-0.25, -0.2) is 9.59 Å². The van der Waals surface area contributed by atoms with E-state index in [0.717, 1.165) is 0 Å². The lowest BCUT2D eigenvalue weighted by molar-refractivity contribution is -0.117. The van der Waals surface area contributed by atoms with Crippen molar-refractivity contribution in [1.82, 2.24) is 5.32 Å². The number of urea groups is 1. The van der Waals surface area contributed by atoms with Crippen LogP contribution in [0, 0.1) is 0 Å². The first kappa shape index (κ1) is 13.8. The van der Waals surface area contributed by atoms with Gasteiger partial charge >= 0.3 is 12.0 Å². The Bertz CT molecular complexity index is 504. The summed E-state index contributed by atoms with van der Waals surface area (Å²) in [5.74, 6) is -1.92. The molecule has 1 rings (SSSR count). The van der Waals surface area contributed by atoms with E-state index in [2.05, 4.69) is 10.6 Å². The number of carbonyl (C=O) groups is 3. The molecule has 0 saturated heterocycles. The van der Waals surface area contributed by atoms with E-state index in [0.29, 0.717) is 0 Å². The number of hydrogen-bond donors (Lipinski definition) is 4. The average Bonchev–Trinajstić information content (AvgIpc) is 2.26. The number of aromatic carboxylic acids is 1. The number of anilines is 1. The van der Waals surface area contributed by atoms with Gasteiger partial charge in [0, 0.05) is 5.02 Å². The van der Waals surface area contributed by atoms with Gasteiger partial charge in [-0.2, -0.15) is 0 Å². The third kappa shape index (κ3) is 3.95. The molecule has 0 radical (unpaired) electrons. The molecule has 1 aromatic carbocycles. The summed E-state index contributed by atoms with van der Waals surface area (Å²) in [4.78, 5) is 32.7. The number of halogens is 1. The first-order chi connectivity index (χ1) is 8.40. The van der Waals surface area contributed by atoms with Crippen molar-refractivity contribution in [3.63, 3.8) is 0 Å². The van der Waals surface area contributed by atoms with Gasteiger partial charge in [0.05, 0.1) is 17.8 Å². The number of rotatable bonds is 4. The van der Waals surface area contributed by atoms with Crippen LogP contribution in [0.4, 0.5) is 10.5 Å². The fourth-order valence-corrected chi connectivity index (χ4v) is 1.31. The number of carboxylic acid groups (broad SMARTS) is 1.